The summed E-state index contributed by atoms with van der Waals surface area (Å²) < 4.78 is 24.6. The van der Waals surface area contributed by atoms with Crippen LogP contribution in [0.3, 0.4) is 0 Å². The van der Waals surface area contributed by atoms with E-state index in [0.717, 1.165) is 0 Å². The zero-order chi connectivity index (χ0) is 14.8. The summed E-state index contributed by atoms with van der Waals surface area (Å²) in [6, 6.07) is 4.32. The van der Waals surface area contributed by atoms with Gasteiger partial charge in [0.15, 0.2) is 0 Å². The van der Waals surface area contributed by atoms with Gasteiger partial charge in [0.25, 0.3) is 0 Å². The molecule has 1 aromatic rings. The lowest BCUT2D eigenvalue weighted by atomic mass is 9.88. The monoisotopic (exact) mass is 283 g/mol. The molecule has 1 unspecified atom stereocenters. The van der Waals surface area contributed by atoms with Crippen LogP contribution in [0, 0.1) is 5.82 Å². The van der Waals surface area contributed by atoms with Crippen molar-refractivity contribution in [2.24, 2.45) is 0 Å². The van der Waals surface area contributed by atoms with Crippen LogP contribution in [0.2, 0.25) is 0 Å². The van der Waals surface area contributed by atoms with Crippen LogP contribution in [-0.4, -0.2) is 49.4 Å². The third kappa shape index (κ3) is 2.36. The van der Waals surface area contributed by atoms with Crippen LogP contribution in [0.1, 0.15) is 12.5 Å². The maximum atomic E-state index is 14.2. The molecule has 0 aromatic heterocycles. The normalized spacial score (nSPS) is 19.4. The molecule has 0 amide bonds. The Morgan fingerprint density at radius 2 is 2.10 bits per heavy atom. The van der Waals surface area contributed by atoms with Gasteiger partial charge in [-0.1, -0.05) is 6.07 Å². The minimum absolute atomic E-state index is 0.0527. The minimum Gasteiger partial charge on any atom is -0.496 e. The number of ether oxygens (including phenoxy) is 2. The Labute approximate surface area is 116 Å². The predicted octanol–water partition coefficient (Wildman–Crippen LogP) is 1.47. The molecule has 1 N–H and O–H groups in total. The maximum Gasteiger partial charge on any atom is 0.328 e. The Bertz CT molecular complexity index is 502. The van der Waals surface area contributed by atoms with Crippen molar-refractivity contribution in [2.45, 2.75) is 12.5 Å². The first-order valence-corrected chi connectivity index (χ1v) is 6.41. The van der Waals surface area contributed by atoms with Crippen LogP contribution >= 0.6 is 0 Å². The van der Waals surface area contributed by atoms with Crippen LogP contribution in [0.5, 0.6) is 5.75 Å². The minimum atomic E-state index is -1.49. The second-order valence-electron chi connectivity index (χ2n) is 4.79. The van der Waals surface area contributed by atoms with Crippen LogP contribution in [0.15, 0.2) is 18.2 Å². The first kappa shape index (κ1) is 14.7. The molecule has 20 heavy (non-hydrogen) atoms. The van der Waals surface area contributed by atoms with Gasteiger partial charge in [0.2, 0.25) is 0 Å². The van der Waals surface area contributed by atoms with Crippen LogP contribution < -0.4 is 4.74 Å². The zero-order valence-corrected chi connectivity index (χ0v) is 11.6. The van der Waals surface area contributed by atoms with Gasteiger partial charge in [-0.3, -0.25) is 4.90 Å². The van der Waals surface area contributed by atoms with Gasteiger partial charge in [0.05, 0.1) is 25.9 Å². The lowest BCUT2D eigenvalue weighted by Gasteiger charge is -2.40. The fourth-order valence-electron chi connectivity index (χ4n) is 2.56. The molecule has 110 valence electrons. The zero-order valence-electron chi connectivity index (χ0n) is 11.6. The first-order valence-electron chi connectivity index (χ1n) is 6.41. The van der Waals surface area contributed by atoms with Gasteiger partial charge in [-0.25, -0.2) is 9.18 Å². The fraction of sp³-hybridized carbons (Fsp3) is 0.500. The Balaban J connectivity index is 2.55. The number of carbonyl (C=O) groups is 1. The molecule has 1 fully saturated rings. The van der Waals surface area contributed by atoms with Gasteiger partial charge in [-0.15, -0.1) is 0 Å². The third-order valence-corrected chi connectivity index (χ3v) is 3.74. The molecule has 0 spiro atoms. The van der Waals surface area contributed by atoms with Crippen molar-refractivity contribution in [3.8, 4) is 5.75 Å². The number of carboxylic acid groups (broad SMARTS) is 1. The number of carboxylic acids is 1. The summed E-state index contributed by atoms with van der Waals surface area (Å²) in [5.41, 5.74) is -1.43. The first-order chi connectivity index (χ1) is 9.51. The van der Waals surface area contributed by atoms with Gasteiger partial charge in [-0.2, -0.15) is 0 Å². The van der Waals surface area contributed by atoms with Crippen molar-refractivity contribution in [3.63, 3.8) is 0 Å². The van der Waals surface area contributed by atoms with Crippen molar-refractivity contribution < 1.29 is 23.8 Å². The lowest BCUT2D eigenvalue weighted by Crippen LogP contribution is -2.54. The number of hydrogen-bond donors (Lipinski definition) is 1. The molecule has 1 heterocycles. The molecule has 2 rings (SSSR count). The molecule has 1 atom stereocenters. The fourth-order valence-corrected chi connectivity index (χ4v) is 2.56. The average Bonchev–Trinajstić information content (AvgIpc) is 2.46. The smallest absolute Gasteiger partial charge is 0.328 e. The standard InChI is InChI=1S/C14H18FNO4/c1-14(13(17)18,16-6-8-20-9-7-16)12-10(15)4-3-5-11(12)19-2/h3-5H,6-9H2,1-2H3,(H,17,18). The summed E-state index contributed by atoms with van der Waals surface area (Å²) in [7, 11) is 1.40. The Hall–Kier alpha value is -1.66. The summed E-state index contributed by atoms with van der Waals surface area (Å²) in [4.78, 5) is 13.5. The summed E-state index contributed by atoms with van der Waals surface area (Å²) in [6.07, 6.45) is 0. The molecule has 0 radical (unpaired) electrons. The third-order valence-electron chi connectivity index (χ3n) is 3.74. The van der Waals surface area contributed by atoms with Crippen molar-refractivity contribution in [1.29, 1.82) is 0 Å². The van der Waals surface area contributed by atoms with E-state index in [-0.39, 0.29) is 11.3 Å². The van der Waals surface area contributed by atoms with E-state index in [4.69, 9.17) is 9.47 Å². The van der Waals surface area contributed by atoms with E-state index in [0.29, 0.717) is 26.3 Å². The highest BCUT2D eigenvalue weighted by Crippen LogP contribution is 2.37. The van der Waals surface area contributed by atoms with Crippen LogP contribution in [-0.2, 0) is 15.1 Å². The van der Waals surface area contributed by atoms with E-state index in [1.807, 2.05) is 0 Å². The lowest BCUT2D eigenvalue weighted by molar-refractivity contribution is -0.154. The number of halogens is 1. The molecule has 1 aliphatic rings. The van der Waals surface area contributed by atoms with Crippen LogP contribution in [0.25, 0.3) is 0 Å². The number of aliphatic carboxylic acids is 1. The number of benzene rings is 1. The quantitative estimate of drug-likeness (QED) is 0.906. The summed E-state index contributed by atoms with van der Waals surface area (Å²) in [5, 5.41) is 9.68. The van der Waals surface area contributed by atoms with Crippen molar-refractivity contribution >= 4 is 5.97 Å². The Kier molecular flexibility index (Phi) is 4.25. The number of hydrogen-bond acceptors (Lipinski definition) is 4. The summed E-state index contributed by atoms with van der Waals surface area (Å²) in [5.74, 6) is -1.45. The maximum absolute atomic E-state index is 14.2. The number of methoxy groups -OCH3 is 1. The van der Waals surface area contributed by atoms with Gasteiger partial charge in [-0.05, 0) is 19.1 Å². The largest absolute Gasteiger partial charge is 0.496 e. The van der Waals surface area contributed by atoms with E-state index in [9.17, 15) is 14.3 Å². The summed E-state index contributed by atoms with van der Waals surface area (Å²) >= 11 is 0. The summed E-state index contributed by atoms with van der Waals surface area (Å²) in [6.45, 7) is 3.22. The van der Waals surface area contributed by atoms with Gasteiger partial charge in [0.1, 0.15) is 17.1 Å². The van der Waals surface area contributed by atoms with E-state index < -0.39 is 17.3 Å². The van der Waals surface area contributed by atoms with Gasteiger partial charge in [0, 0.05) is 13.1 Å². The van der Waals surface area contributed by atoms with E-state index in [2.05, 4.69) is 0 Å². The number of morpholine rings is 1. The molecule has 0 saturated carbocycles. The Morgan fingerprint density at radius 1 is 1.45 bits per heavy atom. The highest BCUT2D eigenvalue weighted by Gasteiger charge is 2.45. The molecule has 6 heteroatoms. The van der Waals surface area contributed by atoms with Gasteiger partial charge < -0.3 is 14.6 Å². The van der Waals surface area contributed by atoms with Crippen molar-refractivity contribution in [3.05, 3.63) is 29.6 Å². The molecular weight excluding hydrogens is 265 g/mol. The van der Waals surface area contributed by atoms with Gasteiger partial charge >= 0.3 is 5.97 Å². The molecular formula is C14H18FNO4. The highest BCUT2D eigenvalue weighted by atomic mass is 19.1. The van der Waals surface area contributed by atoms with E-state index in [1.54, 1.807) is 11.0 Å². The molecule has 5 nitrogen and oxygen atoms in total. The number of nitrogens with zero attached hydrogens (tertiary/aromatic N) is 1. The topological polar surface area (TPSA) is 59.0 Å². The molecule has 0 bridgehead atoms. The molecule has 1 aromatic carbocycles. The van der Waals surface area contributed by atoms with E-state index in [1.165, 1.54) is 26.2 Å². The second-order valence-corrected chi connectivity index (χ2v) is 4.79. The molecule has 1 saturated heterocycles. The van der Waals surface area contributed by atoms with Crippen molar-refractivity contribution in [1.82, 2.24) is 4.90 Å². The Morgan fingerprint density at radius 3 is 2.65 bits per heavy atom. The number of rotatable bonds is 4. The second kappa shape index (κ2) is 5.76. The van der Waals surface area contributed by atoms with Crippen molar-refractivity contribution in [2.75, 3.05) is 33.4 Å². The van der Waals surface area contributed by atoms with E-state index >= 15 is 0 Å². The molecule has 0 aliphatic carbocycles. The predicted molar refractivity (Wildman–Crippen MR) is 70.3 cm³/mol. The molecule has 1 aliphatic heterocycles. The van der Waals surface area contributed by atoms with Crippen LogP contribution in [0.4, 0.5) is 4.39 Å². The highest BCUT2D eigenvalue weighted by molar-refractivity contribution is 5.81. The SMILES string of the molecule is COc1cccc(F)c1C(C)(C(=O)O)N1CCOCC1. The average molecular weight is 283 g/mol.